The second-order valence-corrected chi connectivity index (χ2v) is 5.78. The first-order valence-corrected chi connectivity index (χ1v) is 8.25. The van der Waals surface area contributed by atoms with Crippen molar-refractivity contribution in [1.29, 1.82) is 0 Å². The van der Waals surface area contributed by atoms with Gasteiger partial charge < -0.3 is 24.3 Å². The molecule has 1 amide bonds. The van der Waals surface area contributed by atoms with Gasteiger partial charge in [-0.2, -0.15) is 0 Å². The van der Waals surface area contributed by atoms with Crippen LogP contribution < -0.4 is 29.6 Å². The quantitative estimate of drug-likeness (QED) is 0.797. The highest BCUT2D eigenvalue weighted by atomic mass is 32.1. The summed E-state index contributed by atoms with van der Waals surface area (Å²) in [7, 11) is 3.04. The van der Waals surface area contributed by atoms with Crippen molar-refractivity contribution < 1.29 is 23.7 Å². The number of anilines is 1. The summed E-state index contributed by atoms with van der Waals surface area (Å²) in [5, 5.41) is 5.74. The van der Waals surface area contributed by atoms with Crippen LogP contribution in [0.15, 0.2) is 36.4 Å². The predicted molar refractivity (Wildman–Crippen MR) is 101 cm³/mol. The number of hydrogen-bond donors (Lipinski definition) is 2. The van der Waals surface area contributed by atoms with Crippen LogP contribution in [0.1, 0.15) is 10.4 Å². The molecule has 1 aliphatic rings. The normalized spacial score (nSPS) is 12.1. The fourth-order valence-corrected chi connectivity index (χ4v) is 2.61. The van der Waals surface area contributed by atoms with E-state index in [9.17, 15) is 4.79 Å². The third kappa shape index (κ3) is 4.15. The second-order valence-electron chi connectivity index (χ2n) is 5.37. The zero-order valence-corrected chi connectivity index (χ0v) is 15.1. The minimum Gasteiger partial charge on any atom is -0.497 e. The fraction of sp³-hybridized carbons (Fsp3) is 0.222. The summed E-state index contributed by atoms with van der Waals surface area (Å²) in [5.41, 5.74) is 1.05. The molecule has 0 unspecified atom stereocenters. The van der Waals surface area contributed by atoms with E-state index >= 15 is 0 Å². The summed E-state index contributed by atoms with van der Waals surface area (Å²) in [6.45, 7) is 1.02. The van der Waals surface area contributed by atoms with Crippen LogP contribution in [0.25, 0.3) is 0 Å². The van der Waals surface area contributed by atoms with Crippen molar-refractivity contribution in [2.24, 2.45) is 0 Å². The summed E-state index contributed by atoms with van der Waals surface area (Å²) in [4.78, 5) is 12.4. The Morgan fingerprint density at radius 2 is 1.65 bits per heavy atom. The van der Waals surface area contributed by atoms with Crippen molar-refractivity contribution in [2.45, 2.75) is 0 Å². The van der Waals surface area contributed by atoms with Gasteiger partial charge in [0.1, 0.15) is 24.7 Å². The Kier molecular flexibility index (Phi) is 5.43. The highest BCUT2D eigenvalue weighted by Crippen LogP contribution is 2.32. The van der Waals surface area contributed by atoms with Gasteiger partial charge in [0, 0.05) is 23.4 Å². The van der Waals surface area contributed by atoms with Crippen molar-refractivity contribution in [1.82, 2.24) is 5.32 Å². The van der Waals surface area contributed by atoms with E-state index in [1.54, 1.807) is 36.4 Å². The van der Waals surface area contributed by atoms with Crippen LogP contribution in [0.3, 0.4) is 0 Å². The van der Waals surface area contributed by atoms with Gasteiger partial charge in [-0.25, -0.2) is 0 Å². The Morgan fingerprint density at radius 1 is 1.00 bits per heavy atom. The molecule has 0 saturated heterocycles. The number of benzene rings is 2. The third-order valence-electron chi connectivity index (χ3n) is 3.64. The first-order valence-electron chi connectivity index (χ1n) is 7.84. The molecule has 2 N–H and O–H groups in total. The largest absolute Gasteiger partial charge is 0.497 e. The molecule has 1 heterocycles. The van der Waals surface area contributed by atoms with Gasteiger partial charge in [0.2, 0.25) is 0 Å². The van der Waals surface area contributed by atoms with Crippen LogP contribution in [0.5, 0.6) is 23.0 Å². The van der Waals surface area contributed by atoms with Gasteiger partial charge in [-0.1, -0.05) is 0 Å². The van der Waals surface area contributed by atoms with Crippen LogP contribution in [0.4, 0.5) is 5.69 Å². The zero-order chi connectivity index (χ0) is 18.5. The topological polar surface area (TPSA) is 78.1 Å². The molecule has 136 valence electrons. The summed E-state index contributed by atoms with van der Waals surface area (Å²) < 4.78 is 21.3. The lowest BCUT2D eigenvalue weighted by atomic mass is 10.2. The lowest BCUT2D eigenvalue weighted by molar-refractivity contribution is 0.0977. The molecule has 0 bridgehead atoms. The molecule has 2 aromatic rings. The van der Waals surface area contributed by atoms with E-state index in [0.29, 0.717) is 47.5 Å². The minimum absolute atomic E-state index is 0.161. The molecule has 1 aliphatic heterocycles. The van der Waals surface area contributed by atoms with Crippen LogP contribution in [0, 0.1) is 0 Å². The maximum atomic E-state index is 12.4. The van der Waals surface area contributed by atoms with E-state index in [0.717, 1.165) is 0 Å². The van der Waals surface area contributed by atoms with Crippen LogP contribution in [-0.4, -0.2) is 38.5 Å². The molecule has 0 atom stereocenters. The summed E-state index contributed by atoms with van der Waals surface area (Å²) >= 11 is 5.21. The van der Waals surface area contributed by atoms with E-state index < -0.39 is 0 Å². The Bertz CT molecular complexity index is 818. The predicted octanol–water partition coefficient (Wildman–Crippen LogP) is 2.60. The molecule has 3 rings (SSSR count). The molecular formula is C18H18N2O5S. The Labute approximate surface area is 156 Å². The van der Waals surface area contributed by atoms with E-state index in [1.807, 2.05) is 0 Å². The maximum absolute atomic E-state index is 12.4. The molecule has 2 aromatic carbocycles. The van der Waals surface area contributed by atoms with Crippen LogP contribution in [0.2, 0.25) is 0 Å². The lowest BCUT2D eigenvalue weighted by Crippen LogP contribution is -2.34. The first-order chi connectivity index (χ1) is 12.6. The Balaban J connectivity index is 1.67. The van der Waals surface area contributed by atoms with Crippen LogP contribution >= 0.6 is 12.2 Å². The van der Waals surface area contributed by atoms with Gasteiger partial charge in [0.25, 0.3) is 5.91 Å². The number of hydrogen-bond acceptors (Lipinski definition) is 6. The average molecular weight is 374 g/mol. The van der Waals surface area contributed by atoms with Crippen molar-refractivity contribution in [3.8, 4) is 23.0 Å². The monoisotopic (exact) mass is 374 g/mol. The molecule has 0 saturated carbocycles. The number of methoxy groups -OCH3 is 2. The van der Waals surface area contributed by atoms with Gasteiger partial charge >= 0.3 is 0 Å². The number of rotatable bonds is 4. The van der Waals surface area contributed by atoms with E-state index in [4.69, 9.17) is 31.2 Å². The van der Waals surface area contributed by atoms with Crippen molar-refractivity contribution >= 4 is 28.9 Å². The number of carbonyl (C=O) groups is 1. The number of thiocarbonyl (C=S) groups is 1. The van der Waals surface area contributed by atoms with Gasteiger partial charge in [0.05, 0.1) is 14.2 Å². The smallest absolute Gasteiger partial charge is 0.257 e. The Morgan fingerprint density at radius 3 is 2.31 bits per heavy atom. The number of nitrogens with one attached hydrogen (secondary N) is 2. The molecule has 0 fully saturated rings. The zero-order valence-electron chi connectivity index (χ0n) is 14.3. The van der Waals surface area contributed by atoms with Crippen LogP contribution in [-0.2, 0) is 0 Å². The minimum atomic E-state index is -0.378. The van der Waals surface area contributed by atoms with Crippen molar-refractivity contribution in [3.63, 3.8) is 0 Å². The summed E-state index contributed by atoms with van der Waals surface area (Å²) in [6.07, 6.45) is 0. The maximum Gasteiger partial charge on any atom is 0.257 e. The summed E-state index contributed by atoms with van der Waals surface area (Å²) in [5.74, 6) is 1.96. The molecule has 0 aliphatic carbocycles. The first kappa shape index (κ1) is 17.8. The average Bonchev–Trinajstić information content (AvgIpc) is 2.67. The van der Waals surface area contributed by atoms with Gasteiger partial charge in [-0.05, 0) is 36.5 Å². The molecule has 26 heavy (non-hydrogen) atoms. The lowest BCUT2D eigenvalue weighted by Gasteiger charge is -2.19. The number of amides is 1. The fourth-order valence-electron chi connectivity index (χ4n) is 2.40. The van der Waals surface area contributed by atoms with Crippen molar-refractivity contribution in [2.75, 3.05) is 32.8 Å². The van der Waals surface area contributed by atoms with E-state index in [2.05, 4.69) is 10.6 Å². The Hall–Kier alpha value is -3.00. The molecule has 0 spiro atoms. The van der Waals surface area contributed by atoms with Gasteiger partial charge in [-0.15, -0.1) is 0 Å². The SMILES string of the molecule is COc1cc(OC)cc(C(=O)NC(=S)Nc2ccc3c(c2)OCCO3)c1. The standard InChI is InChI=1S/C18H18N2O5S/c1-22-13-7-11(8-14(10-13)23-2)17(21)20-18(26)19-12-3-4-15-16(9-12)25-6-5-24-15/h3-4,7-10H,5-6H2,1-2H3,(H2,19,20,21,26). The number of carbonyl (C=O) groups excluding carboxylic acids is 1. The molecule has 0 radical (unpaired) electrons. The third-order valence-corrected chi connectivity index (χ3v) is 3.84. The molecular weight excluding hydrogens is 356 g/mol. The second kappa shape index (κ2) is 7.92. The van der Waals surface area contributed by atoms with Gasteiger partial charge in [-0.3, -0.25) is 10.1 Å². The van der Waals surface area contributed by atoms with Gasteiger partial charge in [0.15, 0.2) is 16.6 Å². The molecule has 0 aromatic heterocycles. The van der Waals surface area contributed by atoms with Crippen molar-refractivity contribution in [3.05, 3.63) is 42.0 Å². The summed E-state index contributed by atoms with van der Waals surface area (Å²) in [6, 6.07) is 10.2. The highest BCUT2D eigenvalue weighted by Gasteiger charge is 2.14. The van der Waals surface area contributed by atoms with E-state index in [-0.39, 0.29) is 11.0 Å². The number of fused-ring (bicyclic) bond motifs is 1. The number of ether oxygens (including phenoxy) is 4. The molecule has 8 heteroatoms. The molecule has 7 nitrogen and oxygen atoms in total. The highest BCUT2D eigenvalue weighted by molar-refractivity contribution is 7.80. The van der Waals surface area contributed by atoms with E-state index in [1.165, 1.54) is 14.2 Å².